The molecule has 1 aromatic heterocycles. The van der Waals surface area contributed by atoms with Crippen molar-refractivity contribution in [3.05, 3.63) is 83.6 Å². The maximum atomic E-state index is 12.6. The second-order valence-electron chi connectivity index (χ2n) is 7.49. The molecule has 0 spiro atoms. The smallest absolute Gasteiger partial charge is 0.331 e. The number of hydrogen-bond donors (Lipinski definition) is 1. The second-order valence-corrected chi connectivity index (χ2v) is 7.49. The Morgan fingerprint density at radius 2 is 1.90 bits per heavy atom. The van der Waals surface area contributed by atoms with E-state index in [1.165, 1.54) is 11.6 Å². The lowest BCUT2D eigenvalue weighted by atomic mass is 9.87. The first-order chi connectivity index (χ1) is 14.6. The maximum Gasteiger partial charge on any atom is 0.331 e. The molecular weight excluding hydrogens is 376 g/mol. The van der Waals surface area contributed by atoms with Gasteiger partial charge in [0, 0.05) is 11.5 Å². The van der Waals surface area contributed by atoms with Crippen LogP contribution >= 0.6 is 0 Å². The predicted molar refractivity (Wildman–Crippen MR) is 117 cm³/mol. The van der Waals surface area contributed by atoms with Gasteiger partial charge in [0.2, 0.25) is 0 Å². The number of amides is 1. The highest BCUT2D eigenvalue weighted by Gasteiger charge is 2.24. The first-order valence-corrected chi connectivity index (χ1v) is 10.2. The standard InChI is InChI=1S/C25H24N2O3/c1-17(25(29)27-23-12-6-9-18-7-2-4-10-21(18)23)30-24(28)16-15-20-14-13-19-8-3-5-11-22(19)26-20/h2-5,7-8,10-11,13-17,23H,6,9,12H2,1H3,(H,27,29). The minimum atomic E-state index is -0.874. The van der Waals surface area contributed by atoms with Gasteiger partial charge in [-0.15, -0.1) is 0 Å². The van der Waals surface area contributed by atoms with Gasteiger partial charge in [0.05, 0.1) is 17.3 Å². The van der Waals surface area contributed by atoms with Gasteiger partial charge in [0.15, 0.2) is 6.10 Å². The zero-order valence-electron chi connectivity index (χ0n) is 16.9. The minimum absolute atomic E-state index is 0.0408. The van der Waals surface area contributed by atoms with Crippen LogP contribution in [-0.4, -0.2) is 23.0 Å². The van der Waals surface area contributed by atoms with E-state index in [9.17, 15) is 9.59 Å². The molecule has 0 saturated heterocycles. The fourth-order valence-electron chi connectivity index (χ4n) is 3.79. The number of carbonyl (C=O) groups excluding carboxylic acids is 2. The average Bonchev–Trinajstić information content (AvgIpc) is 2.77. The third-order valence-electron chi connectivity index (χ3n) is 5.36. The molecule has 0 radical (unpaired) electrons. The van der Waals surface area contributed by atoms with Crippen molar-refractivity contribution < 1.29 is 14.3 Å². The first-order valence-electron chi connectivity index (χ1n) is 10.2. The Labute approximate surface area is 175 Å². The van der Waals surface area contributed by atoms with Crippen molar-refractivity contribution in [3.8, 4) is 0 Å². The number of carbonyl (C=O) groups is 2. The molecule has 0 aliphatic heterocycles. The number of hydrogen-bond acceptors (Lipinski definition) is 4. The van der Waals surface area contributed by atoms with Crippen LogP contribution in [0.5, 0.6) is 0 Å². The lowest BCUT2D eigenvalue weighted by molar-refractivity contribution is -0.150. The molecule has 4 rings (SSSR count). The highest BCUT2D eigenvalue weighted by molar-refractivity contribution is 5.90. The van der Waals surface area contributed by atoms with Crippen molar-refractivity contribution in [2.45, 2.75) is 38.3 Å². The fourth-order valence-corrected chi connectivity index (χ4v) is 3.79. The van der Waals surface area contributed by atoms with E-state index in [1.54, 1.807) is 13.0 Å². The normalized spacial score (nSPS) is 16.8. The molecule has 152 valence electrons. The Kier molecular flexibility index (Phi) is 5.89. The van der Waals surface area contributed by atoms with Gasteiger partial charge in [-0.3, -0.25) is 4.79 Å². The monoisotopic (exact) mass is 400 g/mol. The highest BCUT2D eigenvalue weighted by atomic mass is 16.5. The molecule has 2 atom stereocenters. The molecule has 0 bridgehead atoms. The van der Waals surface area contributed by atoms with Crippen molar-refractivity contribution in [2.24, 2.45) is 0 Å². The number of rotatable bonds is 5. The predicted octanol–water partition coefficient (Wildman–Crippen LogP) is 4.37. The van der Waals surface area contributed by atoms with Gasteiger partial charge in [-0.1, -0.05) is 48.5 Å². The number of pyridine rings is 1. The summed E-state index contributed by atoms with van der Waals surface area (Å²) in [4.78, 5) is 29.2. The van der Waals surface area contributed by atoms with Crippen LogP contribution in [0, 0.1) is 0 Å². The molecule has 1 aliphatic rings. The third kappa shape index (κ3) is 4.57. The maximum absolute atomic E-state index is 12.6. The summed E-state index contributed by atoms with van der Waals surface area (Å²) >= 11 is 0. The van der Waals surface area contributed by atoms with Crippen LogP contribution in [0.1, 0.15) is 42.6 Å². The zero-order valence-corrected chi connectivity index (χ0v) is 16.9. The zero-order chi connectivity index (χ0) is 20.9. The molecule has 5 nitrogen and oxygen atoms in total. The summed E-state index contributed by atoms with van der Waals surface area (Å²) in [5, 5.41) is 4.06. The van der Waals surface area contributed by atoms with E-state index in [-0.39, 0.29) is 11.9 Å². The van der Waals surface area contributed by atoms with Gasteiger partial charge in [0.1, 0.15) is 0 Å². The molecule has 1 heterocycles. The van der Waals surface area contributed by atoms with Crippen molar-refractivity contribution in [1.29, 1.82) is 0 Å². The molecular formula is C25H24N2O3. The Morgan fingerprint density at radius 3 is 2.80 bits per heavy atom. The number of esters is 1. The van der Waals surface area contributed by atoms with Crippen molar-refractivity contribution >= 4 is 28.9 Å². The SMILES string of the molecule is CC(OC(=O)C=Cc1ccc2ccccc2n1)C(=O)NC1CCCc2ccccc21. The number of para-hydroxylation sites is 1. The van der Waals surface area contributed by atoms with Crippen LogP contribution in [0.2, 0.25) is 0 Å². The molecule has 1 aliphatic carbocycles. The summed E-state index contributed by atoms with van der Waals surface area (Å²) in [7, 11) is 0. The van der Waals surface area contributed by atoms with E-state index >= 15 is 0 Å². The number of ether oxygens (including phenoxy) is 1. The van der Waals surface area contributed by atoms with Gasteiger partial charge in [-0.2, -0.15) is 0 Å². The number of benzene rings is 2. The topological polar surface area (TPSA) is 68.3 Å². The van der Waals surface area contributed by atoms with E-state index in [0.29, 0.717) is 5.69 Å². The molecule has 30 heavy (non-hydrogen) atoms. The number of aryl methyl sites for hydroxylation is 1. The first kappa shape index (κ1) is 19.8. The van der Waals surface area contributed by atoms with Gasteiger partial charge < -0.3 is 10.1 Å². The summed E-state index contributed by atoms with van der Waals surface area (Å²) in [5.41, 5.74) is 3.93. The largest absolute Gasteiger partial charge is 0.449 e. The van der Waals surface area contributed by atoms with E-state index in [4.69, 9.17) is 4.74 Å². The molecule has 5 heteroatoms. The Morgan fingerprint density at radius 1 is 1.10 bits per heavy atom. The quantitative estimate of drug-likeness (QED) is 0.510. The summed E-state index contributed by atoms with van der Waals surface area (Å²) < 4.78 is 5.29. The van der Waals surface area contributed by atoms with Crippen LogP contribution in [0.15, 0.2) is 66.7 Å². The van der Waals surface area contributed by atoms with Crippen LogP contribution in [-0.2, 0) is 20.7 Å². The fraction of sp³-hybridized carbons (Fsp3) is 0.240. The molecule has 1 N–H and O–H groups in total. The summed E-state index contributed by atoms with van der Waals surface area (Å²) in [5.74, 6) is -0.862. The van der Waals surface area contributed by atoms with Crippen LogP contribution in [0.25, 0.3) is 17.0 Å². The minimum Gasteiger partial charge on any atom is -0.449 e. The van der Waals surface area contributed by atoms with Crippen molar-refractivity contribution in [3.63, 3.8) is 0 Å². The molecule has 1 amide bonds. The lowest BCUT2D eigenvalue weighted by Crippen LogP contribution is -2.39. The van der Waals surface area contributed by atoms with E-state index in [0.717, 1.165) is 35.7 Å². The number of aromatic nitrogens is 1. The summed E-state index contributed by atoms with van der Waals surface area (Å²) in [6.45, 7) is 1.59. The average molecular weight is 400 g/mol. The van der Waals surface area contributed by atoms with E-state index in [1.807, 2.05) is 48.5 Å². The van der Waals surface area contributed by atoms with Crippen LogP contribution in [0.4, 0.5) is 0 Å². The van der Waals surface area contributed by atoms with Crippen molar-refractivity contribution in [1.82, 2.24) is 10.3 Å². The number of nitrogens with zero attached hydrogens (tertiary/aromatic N) is 1. The lowest BCUT2D eigenvalue weighted by Gasteiger charge is -2.27. The van der Waals surface area contributed by atoms with Gasteiger partial charge in [-0.25, -0.2) is 9.78 Å². The van der Waals surface area contributed by atoms with E-state index < -0.39 is 12.1 Å². The number of nitrogens with one attached hydrogen (secondary N) is 1. The number of fused-ring (bicyclic) bond motifs is 2. The van der Waals surface area contributed by atoms with Gasteiger partial charge >= 0.3 is 5.97 Å². The van der Waals surface area contributed by atoms with E-state index in [2.05, 4.69) is 22.4 Å². The third-order valence-corrected chi connectivity index (χ3v) is 5.36. The molecule has 0 saturated carbocycles. The highest BCUT2D eigenvalue weighted by Crippen LogP contribution is 2.29. The molecule has 3 aromatic rings. The van der Waals surface area contributed by atoms with Crippen LogP contribution < -0.4 is 5.32 Å². The summed E-state index contributed by atoms with van der Waals surface area (Å²) in [6, 6.07) is 19.7. The van der Waals surface area contributed by atoms with Gasteiger partial charge in [0.25, 0.3) is 5.91 Å². The van der Waals surface area contributed by atoms with Crippen LogP contribution in [0.3, 0.4) is 0 Å². The Balaban J connectivity index is 1.35. The molecule has 2 unspecified atom stereocenters. The van der Waals surface area contributed by atoms with Gasteiger partial charge in [-0.05, 0) is 55.5 Å². The molecule has 0 fully saturated rings. The second kappa shape index (κ2) is 8.91. The summed E-state index contributed by atoms with van der Waals surface area (Å²) in [6.07, 6.45) is 4.96. The Hall–Kier alpha value is -3.47. The molecule has 2 aromatic carbocycles. The Bertz CT molecular complexity index is 1110. The van der Waals surface area contributed by atoms with Crippen molar-refractivity contribution in [2.75, 3.05) is 0 Å².